The molecule has 0 fully saturated rings. The molecule has 0 spiro atoms. The van der Waals surface area contributed by atoms with Gasteiger partial charge in [-0.25, -0.2) is 4.79 Å². The second-order valence-corrected chi connectivity index (χ2v) is 5.78. The highest BCUT2D eigenvalue weighted by Crippen LogP contribution is 2.10. The third-order valence-corrected chi connectivity index (χ3v) is 2.69. The number of ether oxygens (including phenoxy) is 1. The molecular formula is C15H22N4O2. The van der Waals surface area contributed by atoms with Gasteiger partial charge in [0, 0.05) is 17.5 Å². The summed E-state index contributed by atoms with van der Waals surface area (Å²) in [5.74, 6) is 0. The van der Waals surface area contributed by atoms with Crippen molar-refractivity contribution in [3.63, 3.8) is 0 Å². The average Bonchev–Trinajstić information content (AvgIpc) is 2.37. The van der Waals surface area contributed by atoms with Crippen LogP contribution in [0.3, 0.4) is 0 Å². The quantitative estimate of drug-likeness (QED) is 0.490. The van der Waals surface area contributed by atoms with Crippen LogP contribution in [-0.2, 0) is 11.2 Å². The topological polar surface area (TPSA) is 87.1 Å². The number of azide groups is 1. The molecule has 6 nitrogen and oxygen atoms in total. The second-order valence-electron chi connectivity index (χ2n) is 5.78. The van der Waals surface area contributed by atoms with Crippen molar-refractivity contribution in [3.05, 3.63) is 46.3 Å². The molecule has 1 unspecified atom stereocenters. The fourth-order valence-corrected chi connectivity index (χ4v) is 1.86. The smallest absolute Gasteiger partial charge is 0.407 e. The molecular weight excluding hydrogens is 268 g/mol. The molecule has 1 aromatic rings. The highest BCUT2D eigenvalue weighted by Gasteiger charge is 2.19. The van der Waals surface area contributed by atoms with Crippen molar-refractivity contribution in [2.75, 3.05) is 6.54 Å². The van der Waals surface area contributed by atoms with Crippen LogP contribution in [-0.4, -0.2) is 24.3 Å². The number of alkyl carbamates (subject to hydrolysis) is 1. The Morgan fingerprint density at radius 2 is 2.05 bits per heavy atom. The number of amides is 1. The van der Waals surface area contributed by atoms with Crippen molar-refractivity contribution in [1.82, 2.24) is 5.32 Å². The standard InChI is InChI=1S/C15H22N4O2/c1-15(2,3)21-14(20)18-13(9-10-17-19-16)11-12-7-5-4-6-8-12/h4-8,13H,9-11H2,1-3H3,(H,18,20). The summed E-state index contributed by atoms with van der Waals surface area (Å²) in [6, 6.07) is 9.71. The van der Waals surface area contributed by atoms with Gasteiger partial charge in [-0.3, -0.25) is 0 Å². The van der Waals surface area contributed by atoms with Crippen LogP contribution >= 0.6 is 0 Å². The highest BCUT2D eigenvalue weighted by atomic mass is 16.6. The molecule has 1 rings (SSSR count). The van der Waals surface area contributed by atoms with Gasteiger partial charge in [0.15, 0.2) is 0 Å². The van der Waals surface area contributed by atoms with Crippen molar-refractivity contribution in [1.29, 1.82) is 0 Å². The number of benzene rings is 1. The molecule has 0 bridgehead atoms. The summed E-state index contributed by atoms with van der Waals surface area (Å²) >= 11 is 0. The molecule has 0 aliphatic carbocycles. The van der Waals surface area contributed by atoms with Crippen LogP contribution in [0.5, 0.6) is 0 Å². The first-order valence-electron chi connectivity index (χ1n) is 6.95. The van der Waals surface area contributed by atoms with Crippen LogP contribution in [0.1, 0.15) is 32.8 Å². The molecule has 1 N–H and O–H groups in total. The van der Waals surface area contributed by atoms with Crippen LogP contribution in [0.25, 0.3) is 10.4 Å². The first kappa shape index (κ1) is 16.9. The van der Waals surface area contributed by atoms with Gasteiger partial charge in [-0.1, -0.05) is 35.4 Å². The number of rotatable bonds is 6. The van der Waals surface area contributed by atoms with E-state index in [9.17, 15) is 4.79 Å². The number of nitrogens with zero attached hydrogens (tertiary/aromatic N) is 3. The van der Waals surface area contributed by atoms with Gasteiger partial charge < -0.3 is 10.1 Å². The van der Waals surface area contributed by atoms with Gasteiger partial charge in [-0.2, -0.15) is 0 Å². The van der Waals surface area contributed by atoms with E-state index in [4.69, 9.17) is 10.3 Å². The zero-order chi connectivity index (χ0) is 15.7. The van der Waals surface area contributed by atoms with Crippen LogP contribution in [0.15, 0.2) is 35.4 Å². The molecule has 0 saturated heterocycles. The van der Waals surface area contributed by atoms with E-state index < -0.39 is 11.7 Å². The van der Waals surface area contributed by atoms with Crippen molar-refractivity contribution < 1.29 is 9.53 Å². The summed E-state index contributed by atoms with van der Waals surface area (Å²) in [7, 11) is 0. The summed E-state index contributed by atoms with van der Waals surface area (Å²) in [6.07, 6.45) is 0.781. The van der Waals surface area contributed by atoms with Crippen molar-refractivity contribution in [2.24, 2.45) is 5.11 Å². The van der Waals surface area contributed by atoms with Crippen molar-refractivity contribution in [3.8, 4) is 0 Å². The van der Waals surface area contributed by atoms with Crippen molar-refractivity contribution >= 4 is 6.09 Å². The van der Waals surface area contributed by atoms with Crippen molar-refractivity contribution in [2.45, 2.75) is 45.3 Å². The summed E-state index contributed by atoms with van der Waals surface area (Å²) in [5, 5.41) is 6.36. The minimum absolute atomic E-state index is 0.132. The lowest BCUT2D eigenvalue weighted by Gasteiger charge is -2.23. The molecule has 0 aliphatic rings. The van der Waals surface area contributed by atoms with E-state index in [0.29, 0.717) is 19.4 Å². The Morgan fingerprint density at radius 1 is 1.38 bits per heavy atom. The monoisotopic (exact) mass is 290 g/mol. The lowest BCUT2D eigenvalue weighted by atomic mass is 10.0. The molecule has 0 radical (unpaired) electrons. The summed E-state index contributed by atoms with van der Waals surface area (Å²) in [5.41, 5.74) is 8.93. The maximum atomic E-state index is 11.9. The van der Waals surface area contributed by atoms with Gasteiger partial charge in [0.05, 0.1) is 0 Å². The van der Waals surface area contributed by atoms with Crippen LogP contribution in [0, 0.1) is 0 Å². The third kappa shape index (κ3) is 7.84. The molecule has 0 saturated carbocycles. The van der Waals surface area contributed by atoms with Gasteiger partial charge in [0.2, 0.25) is 0 Å². The van der Waals surface area contributed by atoms with Gasteiger partial charge >= 0.3 is 6.09 Å². The highest BCUT2D eigenvalue weighted by molar-refractivity contribution is 5.68. The lowest BCUT2D eigenvalue weighted by Crippen LogP contribution is -2.40. The largest absolute Gasteiger partial charge is 0.444 e. The SMILES string of the molecule is CC(C)(C)OC(=O)NC(CCN=[N+]=[N-])Cc1ccccc1. The van der Waals surface area contributed by atoms with E-state index >= 15 is 0 Å². The Bertz CT molecular complexity index is 490. The maximum absolute atomic E-state index is 11.9. The van der Waals surface area contributed by atoms with E-state index in [1.54, 1.807) is 0 Å². The Balaban J connectivity index is 2.63. The molecule has 0 aliphatic heterocycles. The van der Waals surface area contributed by atoms with Gasteiger partial charge in [0.1, 0.15) is 5.60 Å². The zero-order valence-electron chi connectivity index (χ0n) is 12.7. The Morgan fingerprint density at radius 3 is 2.62 bits per heavy atom. The van der Waals surface area contributed by atoms with E-state index in [1.165, 1.54) is 0 Å². The second kappa shape index (κ2) is 8.17. The summed E-state index contributed by atoms with van der Waals surface area (Å²) in [4.78, 5) is 14.6. The molecule has 0 aromatic heterocycles. The predicted molar refractivity (Wildman–Crippen MR) is 81.9 cm³/mol. The Kier molecular flexibility index (Phi) is 6.56. The molecule has 1 amide bonds. The summed E-state index contributed by atoms with van der Waals surface area (Å²) in [6.45, 7) is 5.79. The van der Waals surface area contributed by atoms with E-state index in [2.05, 4.69) is 15.3 Å². The molecule has 6 heteroatoms. The molecule has 1 aromatic carbocycles. The first-order valence-corrected chi connectivity index (χ1v) is 6.95. The zero-order valence-corrected chi connectivity index (χ0v) is 12.7. The van der Waals surface area contributed by atoms with E-state index in [0.717, 1.165) is 5.56 Å². The van der Waals surface area contributed by atoms with E-state index in [-0.39, 0.29) is 6.04 Å². The number of carbonyl (C=O) groups excluding carboxylic acids is 1. The van der Waals surface area contributed by atoms with Crippen LogP contribution in [0.4, 0.5) is 4.79 Å². The molecule has 114 valence electrons. The summed E-state index contributed by atoms with van der Waals surface area (Å²) < 4.78 is 5.26. The minimum Gasteiger partial charge on any atom is -0.444 e. The molecule has 1 atom stereocenters. The van der Waals surface area contributed by atoms with Crippen LogP contribution in [0.2, 0.25) is 0 Å². The number of nitrogens with one attached hydrogen (secondary N) is 1. The van der Waals surface area contributed by atoms with Gasteiger partial charge in [-0.05, 0) is 44.7 Å². The number of hydrogen-bond donors (Lipinski definition) is 1. The first-order chi connectivity index (χ1) is 9.90. The lowest BCUT2D eigenvalue weighted by molar-refractivity contribution is 0.0502. The van der Waals surface area contributed by atoms with E-state index in [1.807, 2.05) is 51.1 Å². The fourth-order valence-electron chi connectivity index (χ4n) is 1.86. The molecule has 0 heterocycles. The fraction of sp³-hybridized carbons (Fsp3) is 0.533. The molecule has 21 heavy (non-hydrogen) atoms. The minimum atomic E-state index is -0.536. The predicted octanol–water partition coefficient (Wildman–Crippen LogP) is 3.82. The van der Waals surface area contributed by atoms with Gasteiger partial charge in [-0.15, -0.1) is 0 Å². The Labute approximate surface area is 125 Å². The normalized spacial score (nSPS) is 12.1. The maximum Gasteiger partial charge on any atom is 0.407 e. The van der Waals surface area contributed by atoms with Gasteiger partial charge in [0.25, 0.3) is 0 Å². The Hall–Kier alpha value is -2.20. The average molecular weight is 290 g/mol. The third-order valence-electron chi connectivity index (χ3n) is 2.69. The number of carbonyl (C=O) groups is 1. The number of hydrogen-bond acceptors (Lipinski definition) is 3. The van der Waals surface area contributed by atoms with Crippen LogP contribution < -0.4 is 5.32 Å².